The maximum atomic E-state index is 13.5. The molecule has 1 aromatic carbocycles. The van der Waals surface area contributed by atoms with Gasteiger partial charge < -0.3 is 5.73 Å². The van der Waals surface area contributed by atoms with E-state index >= 15 is 0 Å². The van der Waals surface area contributed by atoms with Crippen LogP contribution in [0.1, 0.15) is 17.5 Å². The molecule has 0 bridgehead atoms. The van der Waals surface area contributed by atoms with Gasteiger partial charge in [0.2, 0.25) is 11.2 Å². The van der Waals surface area contributed by atoms with Crippen molar-refractivity contribution in [1.29, 1.82) is 0 Å². The van der Waals surface area contributed by atoms with E-state index in [4.69, 9.17) is 17.3 Å². The number of H-pyrrole nitrogens is 1. The summed E-state index contributed by atoms with van der Waals surface area (Å²) >= 11 is 5.67. The largest absolute Gasteiger partial charge is 0.369 e. The van der Waals surface area contributed by atoms with Crippen molar-refractivity contribution in [2.75, 3.05) is 0 Å². The Balaban J connectivity index is 1.90. The normalized spacial score (nSPS) is 10.9. The van der Waals surface area contributed by atoms with E-state index in [0.717, 1.165) is 0 Å². The summed E-state index contributed by atoms with van der Waals surface area (Å²) < 4.78 is 15.0. The van der Waals surface area contributed by atoms with Gasteiger partial charge in [-0.2, -0.15) is 5.10 Å². The van der Waals surface area contributed by atoms with Crippen LogP contribution in [0.25, 0.3) is 5.69 Å². The van der Waals surface area contributed by atoms with Crippen molar-refractivity contribution in [3.8, 4) is 5.69 Å². The van der Waals surface area contributed by atoms with Gasteiger partial charge >= 0.3 is 0 Å². The fraction of sp³-hybridized carbons (Fsp3) is 0.214. The second-order valence-electron chi connectivity index (χ2n) is 5.03. The number of nitrogens with zero attached hydrogens (tertiary/aromatic N) is 5. The number of benzene rings is 1. The number of aromatic nitrogens is 6. The molecule has 0 aliphatic rings. The maximum absolute atomic E-state index is 13.5. The van der Waals surface area contributed by atoms with Crippen LogP contribution < -0.4 is 5.73 Å². The Morgan fingerprint density at radius 3 is 2.83 bits per heavy atom. The van der Waals surface area contributed by atoms with E-state index < -0.39 is 11.7 Å². The molecule has 0 spiro atoms. The second kappa shape index (κ2) is 6.75. The van der Waals surface area contributed by atoms with Gasteiger partial charge in [-0.3, -0.25) is 9.89 Å². The topological polar surface area (TPSA) is 115 Å². The smallest absolute Gasteiger partial charge is 0.242 e. The van der Waals surface area contributed by atoms with Crippen molar-refractivity contribution >= 4 is 17.5 Å². The number of rotatable bonds is 6. The summed E-state index contributed by atoms with van der Waals surface area (Å²) in [4.78, 5) is 19.4. The van der Waals surface area contributed by atoms with Crippen LogP contribution in [0.3, 0.4) is 0 Å². The SMILES string of the molecule is NC(=O)Cc1nc(CCc2nc(Cl)n[nH]2)n(-c2cccc(F)c2)n1. The first-order valence-corrected chi connectivity index (χ1v) is 7.45. The molecule has 124 valence electrons. The Kier molecular flexibility index (Phi) is 4.52. The zero-order valence-corrected chi connectivity index (χ0v) is 13.2. The number of carbonyl (C=O) groups excluding carboxylic acids is 1. The molecule has 0 aliphatic carbocycles. The molecule has 0 saturated carbocycles. The molecule has 3 N–H and O–H groups in total. The lowest BCUT2D eigenvalue weighted by Crippen LogP contribution is -2.14. The van der Waals surface area contributed by atoms with E-state index in [-0.39, 0.29) is 17.5 Å². The van der Waals surface area contributed by atoms with Gasteiger partial charge in [0.25, 0.3) is 0 Å². The molecule has 2 aromatic heterocycles. The number of aryl methyl sites for hydroxylation is 2. The lowest BCUT2D eigenvalue weighted by molar-refractivity contribution is -0.117. The van der Waals surface area contributed by atoms with Crippen molar-refractivity contribution in [2.24, 2.45) is 5.73 Å². The molecule has 3 aromatic rings. The summed E-state index contributed by atoms with van der Waals surface area (Å²) in [6.07, 6.45) is 0.820. The van der Waals surface area contributed by atoms with Gasteiger partial charge in [0.05, 0.1) is 12.1 Å². The minimum Gasteiger partial charge on any atom is -0.369 e. The molecule has 10 heteroatoms. The van der Waals surface area contributed by atoms with Crippen molar-refractivity contribution in [2.45, 2.75) is 19.3 Å². The van der Waals surface area contributed by atoms with Gasteiger partial charge in [-0.05, 0) is 29.8 Å². The van der Waals surface area contributed by atoms with Gasteiger partial charge in [0, 0.05) is 12.8 Å². The Hall–Kier alpha value is -2.81. The molecule has 1 amide bonds. The molecule has 2 heterocycles. The third-order valence-corrected chi connectivity index (χ3v) is 3.36. The monoisotopic (exact) mass is 349 g/mol. The lowest BCUT2D eigenvalue weighted by Gasteiger charge is -2.05. The first-order valence-electron chi connectivity index (χ1n) is 7.07. The molecule has 0 saturated heterocycles. The molecule has 8 nitrogen and oxygen atoms in total. The van der Waals surface area contributed by atoms with Gasteiger partial charge in [-0.25, -0.2) is 19.0 Å². The quantitative estimate of drug-likeness (QED) is 0.688. The Bertz CT molecular complexity index is 876. The summed E-state index contributed by atoms with van der Waals surface area (Å²) in [6, 6.07) is 5.93. The van der Waals surface area contributed by atoms with Crippen LogP contribution in [0.15, 0.2) is 24.3 Å². The lowest BCUT2D eigenvalue weighted by atomic mass is 10.2. The molecule has 0 atom stereocenters. The highest BCUT2D eigenvalue weighted by Gasteiger charge is 2.14. The predicted octanol–water partition coefficient (Wildman–Crippen LogP) is 0.991. The number of carbonyl (C=O) groups is 1. The number of primary amides is 1. The number of halogens is 2. The minimum absolute atomic E-state index is 0.0938. The fourth-order valence-corrected chi connectivity index (χ4v) is 2.36. The molecule has 0 radical (unpaired) electrons. The number of nitrogens with two attached hydrogens (primary N) is 1. The van der Waals surface area contributed by atoms with Gasteiger partial charge in [-0.15, -0.1) is 5.10 Å². The predicted molar refractivity (Wildman–Crippen MR) is 83.0 cm³/mol. The average Bonchev–Trinajstić information content (AvgIpc) is 3.11. The number of nitrogens with one attached hydrogen (secondary N) is 1. The molecule has 24 heavy (non-hydrogen) atoms. The molecule has 0 fully saturated rings. The number of hydrogen-bond donors (Lipinski definition) is 2. The van der Waals surface area contributed by atoms with Crippen LogP contribution in [0.2, 0.25) is 5.28 Å². The van der Waals surface area contributed by atoms with Crippen LogP contribution in [-0.2, 0) is 24.1 Å². The molecular formula is C14H13ClFN7O. The van der Waals surface area contributed by atoms with E-state index in [1.165, 1.54) is 16.8 Å². The van der Waals surface area contributed by atoms with Crippen LogP contribution in [0.4, 0.5) is 4.39 Å². The Morgan fingerprint density at radius 2 is 2.17 bits per heavy atom. The third kappa shape index (κ3) is 3.74. The summed E-state index contributed by atoms with van der Waals surface area (Å²) in [5.74, 6) is 0.472. The molecular weight excluding hydrogens is 337 g/mol. The zero-order chi connectivity index (χ0) is 17.1. The maximum Gasteiger partial charge on any atom is 0.242 e. The highest BCUT2D eigenvalue weighted by Crippen LogP contribution is 2.14. The van der Waals surface area contributed by atoms with E-state index in [9.17, 15) is 9.18 Å². The van der Waals surface area contributed by atoms with Crippen LogP contribution in [0, 0.1) is 5.82 Å². The number of aromatic amines is 1. The van der Waals surface area contributed by atoms with Crippen LogP contribution >= 0.6 is 11.6 Å². The van der Waals surface area contributed by atoms with Crippen LogP contribution in [0.5, 0.6) is 0 Å². The van der Waals surface area contributed by atoms with Crippen molar-refractivity contribution < 1.29 is 9.18 Å². The van der Waals surface area contributed by atoms with E-state index in [2.05, 4.69) is 25.3 Å². The summed E-state index contributed by atoms with van der Waals surface area (Å²) in [5, 5.41) is 10.8. The molecule has 3 rings (SSSR count). The standard InChI is InChI=1S/C14H13ClFN7O/c15-14-19-11(20-21-14)4-5-13-18-12(7-10(17)24)22-23(13)9-3-1-2-8(16)6-9/h1-3,6H,4-5,7H2,(H2,17,24)(H,19,20,21). The number of hydrogen-bond acceptors (Lipinski definition) is 5. The van der Waals surface area contributed by atoms with Crippen LogP contribution in [-0.4, -0.2) is 35.9 Å². The zero-order valence-electron chi connectivity index (χ0n) is 12.4. The van der Waals surface area contributed by atoms with Gasteiger partial charge in [0.15, 0.2) is 5.82 Å². The second-order valence-corrected chi connectivity index (χ2v) is 5.37. The molecule has 0 aliphatic heterocycles. The molecule has 0 unspecified atom stereocenters. The summed E-state index contributed by atoms with van der Waals surface area (Å²) in [7, 11) is 0. The van der Waals surface area contributed by atoms with Gasteiger partial charge in [0.1, 0.15) is 17.5 Å². The first-order chi connectivity index (χ1) is 11.5. The Morgan fingerprint density at radius 1 is 1.33 bits per heavy atom. The van der Waals surface area contributed by atoms with E-state index in [1.54, 1.807) is 12.1 Å². The summed E-state index contributed by atoms with van der Waals surface area (Å²) in [5.41, 5.74) is 5.69. The fourth-order valence-electron chi connectivity index (χ4n) is 2.21. The highest BCUT2D eigenvalue weighted by atomic mass is 35.5. The minimum atomic E-state index is -0.542. The Labute approximate surface area is 140 Å². The first kappa shape index (κ1) is 16.1. The average molecular weight is 350 g/mol. The van der Waals surface area contributed by atoms with E-state index in [1.807, 2.05) is 0 Å². The van der Waals surface area contributed by atoms with Gasteiger partial charge in [-0.1, -0.05) is 6.07 Å². The van der Waals surface area contributed by atoms with Crippen molar-refractivity contribution in [3.05, 3.63) is 52.8 Å². The number of amides is 1. The van der Waals surface area contributed by atoms with Crippen molar-refractivity contribution in [1.82, 2.24) is 29.9 Å². The summed E-state index contributed by atoms with van der Waals surface area (Å²) in [6.45, 7) is 0. The van der Waals surface area contributed by atoms with E-state index in [0.29, 0.717) is 30.2 Å². The highest BCUT2D eigenvalue weighted by molar-refractivity contribution is 6.28. The third-order valence-electron chi connectivity index (χ3n) is 3.19. The van der Waals surface area contributed by atoms with Crippen molar-refractivity contribution in [3.63, 3.8) is 0 Å².